The molecular weight excluding hydrogens is 134 g/mol. The Hall–Kier alpha value is -0.590. The lowest BCUT2D eigenvalue weighted by atomic mass is 10.1. The van der Waals surface area contributed by atoms with Gasteiger partial charge in [0.1, 0.15) is 0 Å². The molecule has 0 bridgehead atoms. The molecule has 0 spiro atoms. The Morgan fingerprint density at radius 3 is 2.45 bits per heavy atom. The Morgan fingerprint density at radius 2 is 1.55 bits per heavy atom. The number of nitrogens with zero attached hydrogens (tertiary/aromatic N) is 1. The monoisotopic (exact) mass is 151 g/mol. The molecule has 0 radical (unpaired) electrons. The molecule has 0 N–H and O–H groups in total. The predicted octanol–water partition coefficient (Wildman–Crippen LogP) is 3.32. The first kappa shape index (κ1) is 8.51. The van der Waals surface area contributed by atoms with Crippen LogP contribution in [0.3, 0.4) is 0 Å². The van der Waals surface area contributed by atoms with Gasteiger partial charge in [0, 0.05) is 12.4 Å². The standard InChI is InChI=1S/C10H17N/c1-2-4-6-8-10-11-9-7-5-3-1/h7,9-10H,1-6,8H2/b9-7-,11-10?. The summed E-state index contributed by atoms with van der Waals surface area (Å²) in [5.74, 6) is 0. The van der Waals surface area contributed by atoms with E-state index in [1.807, 2.05) is 12.4 Å². The summed E-state index contributed by atoms with van der Waals surface area (Å²) in [6, 6.07) is 0. The van der Waals surface area contributed by atoms with Crippen LogP contribution in [0.4, 0.5) is 0 Å². The molecule has 0 saturated carbocycles. The highest BCUT2D eigenvalue weighted by Crippen LogP contribution is 2.07. The third-order valence-electron chi connectivity index (χ3n) is 2.00. The van der Waals surface area contributed by atoms with Crippen molar-refractivity contribution in [3.05, 3.63) is 12.3 Å². The molecule has 0 unspecified atom stereocenters. The summed E-state index contributed by atoms with van der Waals surface area (Å²) < 4.78 is 0. The normalized spacial score (nSPS) is 24.0. The van der Waals surface area contributed by atoms with Crippen molar-refractivity contribution < 1.29 is 0 Å². The minimum Gasteiger partial charge on any atom is -0.269 e. The summed E-state index contributed by atoms with van der Waals surface area (Å²) in [6.07, 6.45) is 15.3. The van der Waals surface area contributed by atoms with E-state index in [2.05, 4.69) is 11.1 Å². The van der Waals surface area contributed by atoms with Gasteiger partial charge in [-0.25, -0.2) is 0 Å². The van der Waals surface area contributed by atoms with Gasteiger partial charge in [0.05, 0.1) is 0 Å². The van der Waals surface area contributed by atoms with Crippen LogP contribution in [0.2, 0.25) is 0 Å². The summed E-state index contributed by atoms with van der Waals surface area (Å²) in [7, 11) is 0. The van der Waals surface area contributed by atoms with Crippen LogP contribution < -0.4 is 0 Å². The number of rotatable bonds is 0. The largest absolute Gasteiger partial charge is 0.269 e. The topological polar surface area (TPSA) is 12.4 Å². The average Bonchev–Trinajstić information content (AvgIpc) is 2.08. The fraction of sp³-hybridized carbons (Fsp3) is 0.700. The zero-order valence-electron chi connectivity index (χ0n) is 7.13. The quantitative estimate of drug-likeness (QED) is 0.503. The molecule has 1 heteroatoms. The third kappa shape index (κ3) is 4.77. The molecule has 0 aromatic rings. The molecule has 1 heterocycles. The highest BCUT2D eigenvalue weighted by atomic mass is 14.7. The van der Waals surface area contributed by atoms with E-state index in [1.165, 1.54) is 38.5 Å². The van der Waals surface area contributed by atoms with Gasteiger partial charge < -0.3 is 0 Å². The van der Waals surface area contributed by atoms with E-state index in [9.17, 15) is 0 Å². The average molecular weight is 151 g/mol. The van der Waals surface area contributed by atoms with E-state index < -0.39 is 0 Å². The molecule has 0 amide bonds. The number of allylic oxidation sites excluding steroid dienone is 1. The van der Waals surface area contributed by atoms with Crippen LogP contribution in [-0.4, -0.2) is 6.21 Å². The molecule has 62 valence electrons. The molecule has 1 nitrogen and oxygen atoms in total. The van der Waals surface area contributed by atoms with Gasteiger partial charge in [0.15, 0.2) is 0 Å². The van der Waals surface area contributed by atoms with Crippen LogP contribution in [-0.2, 0) is 0 Å². The van der Waals surface area contributed by atoms with Crippen LogP contribution in [0, 0.1) is 0 Å². The van der Waals surface area contributed by atoms with Gasteiger partial charge >= 0.3 is 0 Å². The van der Waals surface area contributed by atoms with Crippen molar-refractivity contribution >= 4 is 6.21 Å². The van der Waals surface area contributed by atoms with E-state index in [1.54, 1.807) is 0 Å². The molecule has 11 heavy (non-hydrogen) atoms. The molecule has 0 atom stereocenters. The van der Waals surface area contributed by atoms with Gasteiger partial charge in [0.25, 0.3) is 0 Å². The molecule has 0 saturated heterocycles. The van der Waals surface area contributed by atoms with Crippen molar-refractivity contribution in [3.63, 3.8) is 0 Å². The van der Waals surface area contributed by atoms with Gasteiger partial charge in [0.2, 0.25) is 0 Å². The summed E-state index contributed by atoms with van der Waals surface area (Å²) in [6.45, 7) is 0. The van der Waals surface area contributed by atoms with Crippen molar-refractivity contribution in [1.29, 1.82) is 0 Å². The fourth-order valence-corrected chi connectivity index (χ4v) is 1.30. The fourth-order valence-electron chi connectivity index (χ4n) is 1.30. The first-order valence-corrected chi connectivity index (χ1v) is 4.67. The lowest BCUT2D eigenvalue weighted by Crippen LogP contribution is -1.78. The van der Waals surface area contributed by atoms with Crippen molar-refractivity contribution in [3.8, 4) is 0 Å². The van der Waals surface area contributed by atoms with Crippen LogP contribution in [0.5, 0.6) is 0 Å². The van der Waals surface area contributed by atoms with E-state index in [0.29, 0.717) is 0 Å². The Labute approximate surface area is 69.2 Å². The van der Waals surface area contributed by atoms with Crippen LogP contribution in [0.15, 0.2) is 17.3 Å². The lowest BCUT2D eigenvalue weighted by Gasteiger charge is -1.96. The predicted molar refractivity (Wildman–Crippen MR) is 50.0 cm³/mol. The first-order chi connectivity index (χ1) is 5.50. The molecule has 1 rings (SSSR count). The third-order valence-corrected chi connectivity index (χ3v) is 2.00. The Balaban J connectivity index is 2.22. The second kappa shape index (κ2) is 6.14. The summed E-state index contributed by atoms with van der Waals surface area (Å²) in [4.78, 5) is 4.17. The molecular formula is C10H17N. The van der Waals surface area contributed by atoms with Crippen LogP contribution >= 0.6 is 0 Å². The highest BCUT2D eigenvalue weighted by molar-refractivity contribution is 5.57. The van der Waals surface area contributed by atoms with Crippen molar-refractivity contribution in [1.82, 2.24) is 0 Å². The zero-order chi connectivity index (χ0) is 7.78. The highest BCUT2D eigenvalue weighted by Gasteiger charge is 1.89. The van der Waals surface area contributed by atoms with E-state index >= 15 is 0 Å². The molecule has 1 aliphatic rings. The molecule has 0 aliphatic carbocycles. The maximum atomic E-state index is 4.17. The molecule has 0 aromatic carbocycles. The lowest BCUT2D eigenvalue weighted by molar-refractivity contribution is 0.629. The second-order valence-corrected chi connectivity index (χ2v) is 3.06. The van der Waals surface area contributed by atoms with Gasteiger partial charge in [-0.05, 0) is 25.7 Å². The van der Waals surface area contributed by atoms with Gasteiger partial charge in [-0.3, -0.25) is 4.99 Å². The van der Waals surface area contributed by atoms with E-state index in [4.69, 9.17) is 0 Å². The number of hydrogen-bond donors (Lipinski definition) is 0. The first-order valence-electron chi connectivity index (χ1n) is 4.67. The molecule has 1 aliphatic heterocycles. The SMILES string of the molecule is C1=N/C=C\CCCCCCC1. The van der Waals surface area contributed by atoms with Crippen molar-refractivity contribution in [2.75, 3.05) is 0 Å². The molecule has 0 fully saturated rings. The van der Waals surface area contributed by atoms with Crippen LogP contribution in [0.25, 0.3) is 0 Å². The van der Waals surface area contributed by atoms with Gasteiger partial charge in [-0.2, -0.15) is 0 Å². The van der Waals surface area contributed by atoms with Crippen molar-refractivity contribution in [2.24, 2.45) is 4.99 Å². The van der Waals surface area contributed by atoms with Crippen LogP contribution in [0.1, 0.15) is 44.9 Å². The Bertz CT molecular complexity index is 120. The molecule has 0 aromatic heterocycles. The maximum Gasteiger partial charge on any atom is 0.0223 e. The summed E-state index contributed by atoms with van der Waals surface area (Å²) >= 11 is 0. The van der Waals surface area contributed by atoms with Gasteiger partial charge in [-0.1, -0.05) is 25.3 Å². The Kier molecular flexibility index (Phi) is 4.75. The second-order valence-electron chi connectivity index (χ2n) is 3.06. The summed E-state index contributed by atoms with van der Waals surface area (Å²) in [5, 5.41) is 0. The maximum absolute atomic E-state index is 4.17. The smallest absolute Gasteiger partial charge is 0.0223 e. The van der Waals surface area contributed by atoms with E-state index in [-0.39, 0.29) is 0 Å². The van der Waals surface area contributed by atoms with Gasteiger partial charge in [-0.15, -0.1) is 0 Å². The minimum atomic E-state index is 1.16. The summed E-state index contributed by atoms with van der Waals surface area (Å²) in [5.41, 5.74) is 0. The zero-order valence-corrected chi connectivity index (χ0v) is 7.13. The Morgan fingerprint density at radius 1 is 0.818 bits per heavy atom. The van der Waals surface area contributed by atoms with E-state index in [0.717, 1.165) is 6.42 Å². The minimum absolute atomic E-state index is 1.16. The number of hydrogen-bond acceptors (Lipinski definition) is 1. The van der Waals surface area contributed by atoms with Crippen molar-refractivity contribution in [2.45, 2.75) is 44.9 Å². The number of aliphatic imine (C=N–C) groups is 1.